The minimum absolute atomic E-state index is 0.0195. The van der Waals surface area contributed by atoms with Crippen molar-refractivity contribution in [2.45, 2.75) is 6.92 Å². The fourth-order valence-corrected chi connectivity index (χ4v) is 2.55. The number of para-hydroxylation sites is 2. The summed E-state index contributed by atoms with van der Waals surface area (Å²) in [5, 5.41) is 3.09. The Hall–Kier alpha value is -3.15. The van der Waals surface area contributed by atoms with Crippen molar-refractivity contribution >= 4 is 39.9 Å². The number of Topliss-reactive ketones (excluding diaryl/α,β-unsaturated/α-hetero) is 1. The second-order valence-corrected chi connectivity index (χ2v) is 5.37. The zero-order valence-electron chi connectivity index (χ0n) is 12.7. The van der Waals surface area contributed by atoms with Crippen LogP contribution in [0.15, 0.2) is 46.9 Å². The third-order valence-corrected chi connectivity index (χ3v) is 3.80. The molecule has 0 radical (unpaired) electrons. The molecular formula is C17H14N4O2. The molecule has 23 heavy (non-hydrogen) atoms. The fraction of sp³-hybridized carbons (Fsp3) is 0.118. The van der Waals surface area contributed by atoms with Crippen LogP contribution in [-0.2, 0) is 7.05 Å². The Morgan fingerprint density at radius 3 is 2.74 bits per heavy atom. The van der Waals surface area contributed by atoms with Crippen molar-refractivity contribution < 1.29 is 9.21 Å². The molecule has 0 aliphatic carbocycles. The van der Waals surface area contributed by atoms with E-state index in [1.54, 1.807) is 19.1 Å². The maximum atomic E-state index is 11.5. The predicted molar refractivity (Wildman–Crippen MR) is 88.0 cm³/mol. The highest BCUT2D eigenvalue weighted by Crippen LogP contribution is 2.24. The van der Waals surface area contributed by atoms with Crippen LogP contribution in [-0.4, -0.2) is 20.3 Å². The molecule has 0 bridgehead atoms. The van der Waals surface area contributed by atoms with Crippen LogP contribution in [0.1, 0.15) is 17.3 Å². The van der Waals surface area contributed by atoms with Gasteiger partial charge in [-0.3, -0.25) is 10.1 Å². The Balaban J connectivity index is 1.76. The van der Waals surface area contributed by atoms with Gasteiger partial charge in [-0.05, 0) is 37.3 Å². The summed E-state index contributed by atoms with van der Waals surface area (Å²) >= 11 is 0. The summed E-state index contributed by atoms with van der Waals surface area (Å²) in [6.07, 6.45) is 0. The highest BCUT2D eigenvalue weighted by atomic mass is 16.4. The van der Waals surface area contributed by atoms with Crippen LogP contribution in [0.5, 0.6) is 0 Å². The number of nitrogens with one attached hydrogen (secondary N) is 1. The van der Waals surface area contributed by atoms with Gasteiger partial charge in [0.15, 0.2) is 11.4 Å². The number of nitrogens with zero attached hydrogens (tertiary/aromatic N) is 3. The van der Waals surface area contributed by atoms with Gasteiger partial charge in [0.1, 0.15) is 5.52 Å². The SMILES string of the molecule is CC(=O)c1ccc2c(c1)nc(Nc1nc3ccccc3o1)n2C. The van der Waals surface area contributed by atoms with Crippen molar-refractivity contribution in [3.63, 3.8) is 0 Å². The quantitative estimate of drug-likeness (QED) is 0.585. The molecule has 6 heteroatoms. The third kappa shape index (κ3) is 2.24. The molecule has 114 valence electrons. The Morgan fingerprint density at radius 2 is 1.96 bits per heavy atom. The van der Waals surface area contributed by atoms with Gasteiger partial charge in [-0.15, -0.1) is 0 Å². The number of aromatic nitrogens is 3. The second-order valence-electron chi connectivity index (χ2n) is 5.37. The van der Waals surface area contributed by atoms with E-state index in [0.29, 0.717) is 23.1 Å². The Morgan fingerprint density at radius 1 is 1.13 bits per heavy atom. The number of carbonyl (C=O) groups is 1. The topological polar surface area (TPSA) is 73.0 Å². The summed E-state index contributed by atoms with van der Waals surface area (Å²) in [5.74, 6) is 0.623. The average molecular weight is 306 g/mol. The van der Waals surface area contributed by atoms with Crippen LogP contribution >= 0.6 is 0 Å². The lowest BCUT2D eigenvalue weighted by Gasteiger charge is -2.01. The van der Waals surface area contributed by atoms with E-state index in [1.165, 1.54) is 0 Å². The number of fused-ring (bicyclic) bond motifs is 2. The average Bonchev–Trinajstić information content (AvgIpc) is 3.08. The van der Waals surface area contributed by atoms with Crippen molar-refractivity contribution in [2.75, 3.05) is 5.32 Å². The Labute approximate surface area is 131 Å². The standard InChI is InChI=1S/C17H14N4O2/c1-10(22)11-7-8-14-13(9-11)18-16(21(14)2)20-17-19-12-5-3-4-6-15(12)23-17/h3-9H,1-2H3,(H,18,19,20). The molecule has 0 unspecified atom stereocenters. The number of carbonyl (C=O) groups excluding carboxylic acids is 1. The predicted octanol–water partition coefficient (Wildman–Crippen LogP) is 3.66. The number of imidazole rings is 1. The lowest BCUT2D eigenvalue weighted by Crippen LogP contribution is -1.99. The van der Waals surface area contributed by atoms with Crippen LogP contribution in [0.3, 0.4) is 0 Å². The summed E-state index contributed by atoms with van der Waals surface area (Å²) in [5.41, 5.74) is 3.82. The van der Waals surface area contributed by atoms with Gasteiger partial charge in [-0.25, -0.2) is 4.98 Å². The number of benzene rings is 2. The molecule has 0 amide bonds. The summed E-state index contributed by atoms with van der Waals surface area (Å²) in [6, 6.07) is 13.4. The second kappa shape index (κ2) is 4.95. The van der Waals surface area contributed by atoms with E-state index < -0.39 is 0 Å². The molecule has 2 heterocycles. The smallest absolute Gasteiger partial charge is 0.302 e. The van der Waals surface area contributed by atoms with Gasteiger partial charge in [0, 0.05) is 12.6 Å². The van der Waals surface area contributed by atoms with Crippen LogP contribution in [0, 0.1) is 0 Å². The van der Waals surface area contributed by atoms with Crippen LogP contribution < -0.4 is 5.32 Å². The normalized spacial score (nSPS) is 11.2. The first-order valence-electron chi connectivity index (χ1n) is 7.22. The first kappa shape index (κ1) is 13.5. The monoisotopic (exact) mass is 306 g/mol. The molecule has 1 N–H and O–H groups in total. The van der Waals surface area contributed by atoms with Crippen LogP contribution in [0.25, 0.3) is 22.1 Å². The Kier molecular flexibility index (Phi) is 2.90. The van der Waals surface area contributed by atoms with Crippen molar-refractivity contribution in [2.24, 2.45) is 7.05 Å². The summed E-state index contributed by atoms with van der Waals surface area (Å²) in [6.45, 7) is 1.54. The molecule has 0 fully saturated rings. The van der Waals surface area contributed by atoms with E-state index in [9.17, 15) is 4.79 Å². The molecule has 2 aromatic heterocycles. The van der Waals surface area contributed by atoms with Gasteiger partial charge < -0.3 is 8.98 Å². The van der Waals surface area contributed by atoms with Gasteiger partial charge >= 0.3 is 6.01 Å². The molecule has 0 saturated carbocycles. The maximum absolute atomic E-state index is 11.5. The molecular weight excluding hydrogens is 292 g/mol. The molecule has 6 nitrogen and oxygen atoms in total. The van der Waals surface area contributed by atoms with Gasteiger partial charge in [0.2, 0.25) is 5.95 Å². The molecule has 0 saturated heterocycles. The highest BCUT2D eigenvalue weighted by Gasteiger charge is 2.12. The molecule has 0 aliphatic heterocycles. The first-order chi connectivity index (χ1) is 11.1. The van der Waals surface area contributed by atoms with E-state index in [1.807, 2.05) is 41.9 Å². The number of anilines is 2. The summed E-state index contributed by atoms with van der Waals surface area (Å²) in [4.78, 5) is 20.4. The summed E-state index contributed by atoms with van der Waals surface area (Å²) < 4.78 is 7.55. The molecule has 4 aromatic rings. The lowest BCUT2D eigenvalue weighted by atomic mass is 10.1. The van der Waals surface area contributed by atoms with Crippen molar-refractivity contribution in [1.82, 2.24) is 14.5 Å². The number of ketones is 1. The highest BCUT2D eigenvalue weighted by molar-refractivity contribution is 5.97. The fourth-order valence-electron chi connectivity index (χ4n) is 2.55. The van der Waals surface area contributed by atoms with Gasteiger partial charge in [-0.1, -0.05) is 12.1 Å². The molecule has 4 rings (SSSR count). The van der Waals surface area contributed by atoms with Gasteiger partial charge in [-0.2, -0.15) is 4.98 Å². The number of aryl methyl sites for hydroxylation is 1. The van der Waals surface area contributed by atoms with E-state index in [4.69, 9.17) is 4.42 Å². The minimum Gasteiger partial charge on any atom is -0.423 e. The van der Waals surface area contributed by atoms with Gasteiger partial charge in [0.25, 0.3) is 0 Å². The van der Waals surface area contributed by atoms with Gasteiger partial charge in [0.05, 0.1) is 11.0 Å². The molecule has 0 aliphatic rings. The first-order valence-corrected chi connectivity index (χ1v) is 7.22. The largest absolute Gasteiger partial charge is 0.423 e. The van der Waals surface area contributed by atoms with E-state index in [0.717, 1.165) is 16.6 Å². The van der Waals surface area contributed by atoms with Crippen molar-refractivity contribution in [3.8, 4) is 0 Å². The third-order valence-electron chi connectivity index (χ3n) is 3.80. The number of hydrogen-bond acceptors (Lipinski definition) is 5. The lowest BCUT2D eigenvalue weighted by molar-refractivity contribution is 0.101. The van der Waals surface area contributed by atoms with E-state index in [-0.39, 0.29) is 5.78 Å². The number of rotatable bonds is 3. The maximum Gasteiger partial charge on any atom is 0.302 e. The summed E-state index contributed by atoms with van der Waals surface area (Å²) in [7, 11) is 1.90. The number of hydrogen-bond donors (Lipinski definition) is 1. The molecule has 0 atom stereocenters. The van der Waals surface area contributed by atoms with Crippen LogP contribution in [0.2, 0.25) is 0 Å². The zero-order chi connectivity index (χ0) is 16.0. The van der Waals surface area contributed by atoms with Crippen LogP contribution in [0.4, 0.5) is 12.0 Å². The minimum atomic E-state index is 0.0195. The Bertz CT molecular complexity index is 1010. The molecule has 0 spiro atoms. The zero-order valence-corrected chi connectivity index (χ0v) is 12.7. The van der Waals surface area contributed by atoms with Crippen molar-refractivity contribution in [1.29, 1.82) is 0 Å². The van der Waals surface area contributed by atoms with E-state index in [2.05, 4.69) is 15.3 Å². The van der Waals surface area contributed by atoms with Crippen molar-refractivity contribution in [3.05, 3.63) is 48.0 Å². The van der Waals surface area contributed by atoms with E-state index >= 15 is 0 Å². The molecule has 2 aromatic carbocycles. The number of oxazole rings is 1.